The van der Waals surface area contributed by atoms with Crippen LogP contribution in [0.5, 0.6) is 0 Å². The monoisotopic (exact) mass is 454 g/mol. The third kappa shape index (κ3) is 6.21. The van der Waals surface area contributed by atoms with Crippen molar-refractivity contribution in [3.05, 3.63) is 66.2 Å². The maximum Gasteiger partial charge on any atom is 0.218 e. The van der Waals surface area contributed by atoms with E-state index >= 15 is 0 Å². The second-order valence-corrected chi connectivity index (χ2v) is 10.1. The Morgan fingerprint density at radius 1 is 0.781 bits per heavy atom. The van der Waals surface area contributed by atoms with E-state index in [1.165, 1.54) is 0 Å². The van der Waals surface area contributed by atoms with Crippen LogP contribution in [0.25, 0.3) is 11.4 Å². The highest BCUT2D eigenvalue weighted by atomic mass is 32.2. The van der Waals surface area contributed by atoms with Gasteiger partial charge in [-0.1, -0.05) is 67.1 Å². The van der Waals surface area contributed by atoms with E-state index in [-0.39, 0.29) is 5.75 Å². The van der Waals surface area contributed by atoms with Crippen molar-refractivity contribution >= 4 is 10.0 Å². The molecule has 0 spiro atoms. The van der Waals surface area contributed by atoms with Crippen molar-refractivity contribution in [2.45, 2.75) is 31.6 Å². The van der Waals surface area contributed by atoms with Crippen LogP contribution >= 0.6 is 0 Å². The van der Waals surface area contributed by atoms with Crippen LogP contribution < -0.4 is 0 Å². The molecule has 32 heavy (non-hydrogen) atoms. The Hall–Kier alpha value is -2.62. The molecule has 0 unspecified atom stereocenters. The van der Waals surface area contributed by atoms with Gasteiger partial charge in [0.15, 0.2) is 0 Å². The molecule has 0 bridgehead atoms. The van der Waals surface area contributed by atoms with Crippen LogP contribution in [0.2, 0.25) is 0 Å². The maximum atomic E-state index is 12.7. The van der Waals surface area contributed by atoms with Crippen LogP contribution in [-0.4, -0.2) is 70.6 Å². The van der Waals surface area contributed by atoms with Crippen molar-refractivity contribution in [1.82, 2.24) is 29.4 Å². The Bertz CT molecular complexity index is 1060. The van der Waals surface area contributed by atoms with Crippen LogP contribution in [0.4, 0.5) is 0 Å². The van der Waals surface area contributed by atoms with Gasteiger partial charge in [0.25, 0.3) is 0 Å². The molecule has 2 aromatic carbocycles. The molecule has 9 heteroatoms. The first-order chi connectivity index (χ1) is 15.6. The predicted molar refractivity (Wildman–Crippen MR) is 124 cm³/mol. The summed E-state index contributed by atoms with van der Waals surface area (Å²) in [5.74, 6) is 0.738. The van der Waals surface area contributed by atoms with Crippen LogP contribution in [0.15, 0.2) is 60.7 Å². The fraction of sp³-hybridized carbons (Fsp3) is 0.435. The molecule has 2 heterocycles. The molecule has 1 aliphatic heterocycles. The Morgan fingerprint density at radius 2 is 1.44 bits per heavy atom. The molecule has 1 aromatic heterocycles. The molecule has 0 saturated carbocycles. The van der Waals surface area contributed by atoms with Crippen molar-refractivity contribution in [3.63, 3.8) is 0 Å². The average molecular weight is 455 g/mol. The van der Waals surface area contributed by atoms with Crippen molar-refractivity contribution in [2.24, 2.45) is 0 Å². The van der Waals surface area contributed by atoms with Gasteiger partial charge in [0, 0.05) is 31.7 Å². The molecule has 0 radical (unpaired) electrons. The summed E-state index contributed by atoms with van der Waals surface area (Å²) >= 11 is 0. The van der Waals surface area contributed by atoms with E-state index in [2.05, 4.69) is 20.3 Å². The summed E-state index contributed by atoms with van der Waals surface area (Å²) in [6.07, 6.45) is 3.15. The molecule has 3 aromatic rings. The van der Waals surface area contributed by atoms with Gasteiger partial charge in [-0.25, -0.2) is 8.42 Å². The topological polar surface area (TPSA) is 84.2 Å². The average Bonchev–Trinajstić information content (AvgIpc) is 3.29. The first-order valence-electron chi connectivity index (χ1n) is 11.2. The van der Waals surface area contributed by atoms with E-state index < -0.39 is 10.0 Å². The largest absolute Gasteiger partial charge is 0.301 e. The van der Waals surface area contributed by atoms with E-state index in [4.69, 9.17) is 0 Å². The molecule has 1 aliphatic rings. The Labute approximate surface area is 189 Å². The number of aryl methyl sites for hydroxylation is 1. The highest BCUT2D eigenvalue weighted by Crippen LogP contribution is 2.15. The minimum Gasteiger partial charge on any atom is -0.301 e. The summed E-state index contributed by atoms with van der Waals surface area (Å²) in [7, 11) is -3.25. The van der Waals surface area contributed by atoms with Gasteiger partial charge in [0.2, 0.25) is 15.8 Å². The number of sulfonamides is 1. The Balaban J connectivity index is 1.13. The molecular weight excluding hydrogens is 424 g/mol. The first-order valence-corrected chi connectivity index (χ1v) is 12.8. The van der Waals surface area contributed by atoms with E-state index in [9.17, 15) is 8.42 Å². The molecular formula is C23H30N6O2S. The summed E-state index contributed by atoms with van der Waals surface area (Å²) in [5.41, 5.74) is 1.82. The molecule has 0 N–H and O–H groups in total. The molecule has 1 fully saturated rings. The standard InChI is InChI=1S/C23H30N6O2S/c30-32(31,20-21-10-4-1-5-11-21)28-18-16-27(17-19-28)14-8-3-9-15-29-25-23(24-26-29)22-12-6-2-7-13-22/h1-2,4-7,10-13H,3,8-9,14-20H2. The summed E-state index contributed by atoms with van der Waals surface area (Å²) < 4.78 is 27.0. The summed E-state index contributed by atoms with van der Waals surface area (Å²) in [6.45, 7) is 4.47. The van der Waals surface area contributed by atoms with Crippen LogP contribution in [0.3, 0.4) is 0 Å². The molecule has 0 atom stereocenters. The zero-order chi connectivity index (χ0) is 22.2. The van der Waals surface area contributed by atoms with Gasteiger partial charge < -0.3 is 4.90 Å². The molecule has 8 nitrogen and oxygen atoms in total. The van der Waals surface area contributed by atoms with Gasteiger partial charge >= 0.3 is 0 Å². The lowest BCUT2D eigenvalue weighted by atomic mass is 10.2. The van der Waals surface area contributed by atoms with Crippen molar-refractivity contribution in [1.29, 1.82) is 0 Å². The third-order valence-electron chi connectivity index (χ3n) is 5.73. The number of benzene rings is 2. The van der Waals surface area contributed by atoms with Gasteiger partial charge in [-0.3, -0.25) is 0 Å². The molecule has 170 valence electrons. The summed E-state index contributed by atoms with van der Waals surface area (Å²) in [5, 5.41) is 12.7. The number of aromatic nitrogens is 4. The zero-order valence-electron chi connectivity index (χ0n) is 18.3. The lowest BCUT2D eigenvalue weighted by Gasteiger charge is -2.34. The van der Waals surface area contributed by atoms with Crippen molar-refractivity contribution in [3.8, 4) is 11.4 Å². The SMILES string of the molecule is O=S(=O)(Cc1ccccc1)N1CCN(CCCCCn2nnc(-c3ccccc3)n2)CC1. The Kier molecular flexibility index (Phi) is 7.62. The number of piperazine rings is 1. The Morgan fingerprint density at radius 3 is 2.16 bits per heavy atom. The minimum absolute atomic E-state index is 0.0795. The van der Waals surface area contributed by atoms with Crippen LogP contribution in [0, 0.1) is 0 Å². The van der Waals surface area contributed by atoms with E-state index in [0.29, 0.717) is 18.9 Å². The highest BCUT2D eigenvalue weighted by Gasteiger charge is 2.26. The van der Waals surface area contributed by atoms with Gasteiger partial charge in [0.1, 0.15) is 0 Å². The van der Waals surface area contributed by atoms with E-state index in [1.54, 1.807) is 9.10 Å². The second kappa shape index (κ2) is 10.8. The number of rotatable bonds is 10. The fourth-order valence-electron chi connectivity index (χ4n) is 3.91. The molecule has 1 saturated heterocycles. The molecule has 0 amide bonds. The number of hydrogen-bond donors (Lipinski definition) is 0. The van der Waals surface area contributed by atoms with E-state index in [1.807, 2.05) is 60.7 Å². The van der Waals surface area contributed by atoms with Gasteiger partial charge in [-0.05, 0) is 30.2 Å². The number of hydrogen-bond acceptors (Lipinski definition) is 6. The van der Waals surface area contributed by atoms with Crippen LogP contribution in [-0.2, 0) is 22.3 Å². The quantitative estimate of drug-likeness (QED) is 0.438. The van der Waals surface area contributed by atoms with Gasteiger partial charge in [-0.15, -0.1) is 10.2 Å². The second-order valence-electron chi connectivity index (χ2n) is 8.12. The fourth-order valence-corrected chi connectivity index (χ4v) is 5.43. The molecule has 4 rings (SSSR count). The normalized spacial score (nSPS) is 15.8. The maximum absolute atomic E-state index is 12.7. The highest BCUT2D eigenvalue weighted by molar-refractivity contribution is 7.88. The zero-order valence-corrected chi connectivity index (χ0v) is 19.1. The number of tetrazole rings is 1. The predicted octanol–water partition coefficient (Wildman–Crippen LogP) is 2.66. The van der Waals surface area contributed by atoms with Crippen molar-refractivity contribution < 1.29 is 8.42 Å². The smallest absolute Gasteiger partial charge is 0.218 e. The lowest BCUT2D eigenvalue weighted by molar-refractivity contribution is 0.185. The first kappa shape index (κ1) is 22.6. The summed E-state index contributed by atoms with van der Waals surface area (Å²) in [6, 6.07) is 19.3. The molecule has 0 aliphatic carbocycles. The van der Waals surface area contributed by atoms with Gasteiger partial charge in [-0.2, -0.15) is 9.10 Å². The van der Waals surface area contributed by atoms with Crippen molar-refractivity contribution in [2.75, 3.05) is 32.7 Å². The lowest BCUT2D eigenvalue weighted by Crippen LogP contribution is -2.49. The number of unbranched alkanes of at least 4 members (excludes halogenated alkanes) is 2. The number of nitrogens with zero attached hydrogens (tertiary/aromatic N) is 6. The van der Waals surface area contributed by atoms with Gasteiger partial charge in [0.05, 0.1) is 12.3 Å². The van der Waals surface area contributed by atoms with E-state index in [0.717, 1.165) is 56.6 Å². The third-order valence-corrected chi connectivity index (χ3v) is 7.58. The van der Waals surface area contributed by atoms with Crippen LogP contribution in [0.1, 0.15) is 24.8 Å². The summed E-state index contributed by atoms with van der Waals surface area (Å²) in [4.78, 5) is 4.02. The minimum atomic E-state index is -3.25.